The summed E-state index contributed by atoms with van der Waals surface area (Å²) in [7, 11) is 1.61. The van der Waals surface area contributed by atoms with E-state index in [9.17, 15) is 9.59 Å². The highest BCUT2D eigenvalue weighted by molar-refractivity contribution is 6.01. The van der Waals surface area contributed by atoms with Gasteiger partial charge in [-0.05, 0) is 30.2 Å². The molecule has 0 unspecified atom stereocenters. The first kappa shape index (κ1) is 21.1. The van der Waals surface area contributed by atoms with Crippen molar-refractivity contribution in [3.63, 3.8) is 0 Å². The molecule has 5 heteroatoms. The molecule has 3 aromatic carbocycles. The third-order valence-corrected chi connectivity index (χ3v) is 4.87. The van der Waals surface area contributed by atoms with Crippen molar-refractivity contribution in [2.24, 2.45) is 0 Å². The van der Waals surface area contributed by atoms with Gasteiger partial charge in [0.15, 0.2) is 5.78 Å². The second-order valence-corrected chi connectivity index (χ2v) is 6.89. The van der Waals surface area contributed by atoms with Crippen LogP contribution in [0.5, 0.6) is 11.5 Å². The molecule has 0 amide bonds. The van der Waals surface area contributed by atoms with E-state index in [-0.39, 0.29) is 18.6 Å². The number of ketones is 1. The summed E-state index contributed by atoms with van der Waals surface area (Å²) in [6.45, 7) is 0.308. The third-order valence-electron chi connectivity index (χ3n) is 4.87. The Morgan fingerprint density at radius 3 is 2.40 bits per heavy atom. The topological polar surface area (TPSA) is 72.8 Å². The summed E-state index contributed by atoms with van der Waals surface area (Å²) in [6, 6.07) is 23.9. The first-order valence-corrected chi connectivity index (χ1v) is 9.74. The van der Waals surface area contributed by atoms with Gasteiger partial charge < -0.3 is 14.6 Å². The predicted octanol–water partition coefficient (Wildman–Crippen LogP) is 5.11. The average molecular weight is 404 g/mol. The van der Waals surface area contributed by atoms with E-state index in [2.05, 4.69) is 0 Å². The van der Waals surface area contributed by atoms with Crippen LogP contribution in [0.2, 0.25) is 0 Å². The Morgan fingerprint density at radius 2 is 1.67 bits per heavy atom. The van der Waals surface area contributed by atoms with Crippen LogP contribution in [0.25, 0.3) is 0 Å². The number of hydrogen-bond acceptors (Lipinski definition) is 4. The molecule has 5 nitrogen and oxygen atoms in total. The first-order chi connectivity index (χ1) is 14.6. The van der Waals surface area contributed by atoms with Gasteiger partial charge in [-0.2, -0.15) is 0 Å². The van der Waals surface area contributed by atoms with Crippen molar-refractivity contribution in [1.82, 2.24) is 0 Å². The number of para-hydroxylation sites is 1. The molecule has 0 saturated carbocycles. The van der Waals surface area contributed by atoms with Crippen LogP contribution >= 0.6 is 0 Å². The number of carbonyl (C=O) groups is 2. The summed E-state index contributed by atoms with van der Waals surface area (Å²) in [4.78, 5) is 24.3. The van der Waals surface area contributed by atoms with E-state index in [1.807, 2.05) is 54.6 Å². The highest BCUT2D eigenvalue weighted by Crippen LogP contribution is 2.28. The minimum atomic E-state index is -0.919. The number of rotatable bonds is 10. The number of carboxylic acid groups (broad SMARTS) is 1. The van der Waals surface area contributed by atoms with Crippen molar-refractivity contribution < 1.29 is 24.2 Å². The maximum atomic E-state index is 13.2. The molecule has 154 valence electrons. The second kappa shape index (κ2) is 10.3. The van der Waals surface area contributed by atoms with Crippen LogP contribution < -0.4 is 9.47 Å². The first-order valence-electron chi connectivity index (χ1n) is 9.74. The van der Waals surface area contributed by atoms with Gasteiger partial charge in [0.25, 0.3) is 0 Å². The maximum absolute atomic E-state index is 13.2. The van der Waals surface area contributed by atoms with Crippen LogP contribution in [0.15, 0.2) is 78.9 Å². The highest BCUT2D eigenvalue weighted by atomic mass is 16.5. The second-order valence-electron chi connectivity index (χ2n) is 6.89. The summed E-state index contributed by atoms with van der Waals surface area (Å²) < 4.78 is 11.2. The van der Waals surface area contributed by atoms with Crippen molar-refractivity contribution in [3.8, 4) is 11.5 Å². The van der Waals surface area contributed by atoms with Crippen LogP contribution in [-0.2, 0) is 11.4 Å². The summed E-state index contributed by atoms with van der Waals surface area (Å²) in [5.74, 6) is -0.256. The SMILES string of the molecule is COc1ccccc1COc1cccc(C(=O)[C@@H](CCC(=O)O)c2ccccc2)c1. The Bertz CT molecular complexity index is 997. The summed E-state index contributed by atoms with van der Waals surface area (Å²) in [6.07, 6.45) is 0.166. The van der Waals surface area contributed by atoms with Crippen LogP contribution in [0.4, 0.5) is 0 Å². The van der Waals surface area contributed by atoms with Crippen molar-refractivity contribution in [2.45, 2.75) is 25.4 Å². The lowest BCUT2D eigenvalue weighted by Gasteiger charge is -2.16. The van der Waals surface area contributed by atoms with Gasteiger partial charge in [-0.3, -0.25) is 9.59 Å². The summed E-state index contributed by atoms with van der Waals surface area (Å²) in [5.41, 5.74) is 2.20. The van der Waals surface area contributed by atoms with Crippen molar-refractivity contribution in [1.29, 1.82) is 0 Å². The van der Waals surface area contributed by atoms with Gasteiger partial charge >= 0.3 is 5.97 Å². The smallest absolute Gasteiger partial charge is 0.303 e. The van der Waals surface area contributed by atoms with E-state index in [1.54, 1.807) is 31.4 Å². The minimum absolute atomic E-state index is 0.0741. The standard InChI is InChI=1S/C25H24O5/c1-29-23-13-6-5-10-20(23)17-30-21-12-7-11-19(16-21)25(28)22(14-15-24(26)27)18-8-3-2-4-9-18/h2-13,16,22H,14-15,17H2,1H3,(H,26,27)/t22-/m0/s1. The van der Waals surface area contributed by atoms with Gasteiger partial charge in [0.2, 0.25) is 0 Å². The molecule has 0 bridgehead atoms. The van der Waals surface area contributed by atoms with E-state index in [1.165, 1.54) is 0 Å². The number of methoxy groups -OCH3 is 1. The molecular formula is C25H24O5. The fourth-order valence-electron chi connectivity index (χ4n) is 3.33. The molecule has 0 aromatic heterocycles. The molecule has 3 rings (SSSR count). The number of ether oxygens (including phenoxy) is 2. The molecule has 0 aliphatic carbocycles. The average Bonchev–Trinajstić information content (AvgIpc) is 2.78. The highest BCUT2D eigenvalue weighted by Gasteiger charge is 2.23. The molecule has 30 heavy (non-hydrogen) atoms. The largest absolute Gasteiger partial charge is 0.496 e. The van der Waals surface area contributed by atoms with E-state index in [0.717, 1.165) is 16.9 Å². The number of carboxylic acids is 1. The number of Topliss-reactive ketones (excluding diaryl/α,β-unsaturated/α-hetero) is 1. The molecular weight excluding hydrogens is 380 g/mol. The molecule has 0 aliphatic rings. The van der Waals surface area contributed by atoms with E-state index in [0.29, 0.717) is 17.9 Å². The molecule has 0 fully saturated rings. The van der Waals surface area contributed by atoms with Gasteiger partial charge in [-0.15, -0.1) is 0 Å². The fourth-order valence-corrected chi connectivity index (χ4v) is 3.33. The van der Waals surface area contributed by atoms with Crippen molar-refractivity contribution in [3.05, 3.63) is 95.6 Å². The zero-order valence-corrected chi connectivity index (χ0v) is 16.8. The molecule has 1 atom stereocenters. The molecule has 0 spiro atoms. The number of benzene rings is 3. The lowest BCUT2D eigenvalue weighted by atomic mass is 9.87. The van der Waals surface area contributed by atoms with E-state index in [4.69, 9.17) is 14.6 Å². The normalized spacial score (nSPS) is 11.5. The monoisotopic (exact) mass is 404 g/mol. The zero-order valence-electron chi connectivity index (χ0n) is 16.8. The lowest BCUT2D eigenvalue weighted by Crippen LogP contribution is -2.15. The zero-order chi connectivity index (χ0) is 21.3. The van der Waals surface area contributed by atoms with Gasteiger partial charge in [0, 0.05) is 23.5 Å². The number of hydrogen-bond donors (Lipinski definition) is 1. The quantitative estimate of drug-likeness (QED) is 0.476. The third kappa shape index (κ3) is 5.47. The maximum Gasteiger partial charge on any atom is 0.303 e. The Hall–Kier alpha value is -3.60. The van der Waals surface area contributed by atoms with Crippen molar-refractivity contribution in [2.75, 3.05) is 7.11 Å². The molecule has 1 N–H and O–H groups in total. The summed E-state index contributed by atoms with van der Waals surface area (Å²) >= 11 is 0. The number of aliphatic carboxylic acids is 1. The van der Waals surface area contributed by atoms with Crippen LogP contribution in [0.1, 0.15) is 40.2 Å². The summed E-state index contributed by atoms with van der Waals surface area (Å²) in [5, 5.41) is 9.09. The predicted molar refractivity (Wildman–Crippen MR) is 114 cm³/mol. The van der Waals surface area contributed by atoms with Gasteiger partial charge in [-0.1, -0.05) is 60.7 Å². The number of carbonyl (C=O) groups excluding carboxylic acids is 1. The molecule has 0 aliphatic heterocycles. The Labute approximate surface area is 175 Å². The molecule has 3 aromatic rings. The lowest BCUT2D eigenvalue weighted by molar-refractivity contribution is -0.137. The molecule has 0 radical (unpaired) electrons. The Kier molecular flexibility index (Phi) is 7.22. The minimum Gasteiger partial charge on any atom is -0.496 e. The Balaban J connectivity index is 1.78. The molecule has 0 heterocycles. The molecule has 0 saturated heterocycles. The van der Waals surface area contributed by atoms with Gasteiger partial charge in [-0.25, -0.2) is 0 Å². The fraction of sp³-hybridized carbons (Fsp3) is 0.200. The van der Waals surface area contributed by atoms with Gasteiger partial charge in [0.05, 0.1) is 7.11 Å². The van der Waals surface area contributed by atoms with E-state index < -0.39 is 11.9 Å². The van der Waals surface area contributed by atoms with Crippen LogP contribution in [0.3, 0.4) is 0 Å². The Morgan fingerprint density at radius 1 is 0.933 bits per heavy atom. The van der Waals surface area contributed by atoms with Crippen LogP contribution in [-0.4, -0.2) is 24.0 Å². The van der Waals surface area contributed by atoms with Crippen LogP contribution in [0, 0.1) is 0 Å². The van der Waals surface area contributed by atoms with Crippen molar-refractivity contribution >= 4 is 11.8 Å². The van der Waals surface area contributed by atoms with E-state index >= 15 is 0 Å². The van der Waals surface area contributed by atoms with Gasteiger partial charge in [0.1, 0.15) is 18.1 Å².